The highest BCUT2D eigenvalue weighted by Gasteiger charge is 2.07. The molecule has 2 N–H and O–H groups in total. The van der Waals surface area contributed by atoms with Crippen molar-refractivity contribution < 1.29 is 0 Å². The molecule has 0 fully saturated rings. The van der Waals surface area contributed by atoms with Gasteiger partial charge in [-0.3, -0.25) is 0 Å². The van der Waals surface area contributed by atoms with Crippen molar-refractivity contribution in [1.29, 1.82) is 0 Å². The van der Waals surface area contributed by atoms with E-state index >= 15 is 0 Å². The molecule has 4 rings (SSSR count). The standard InChI is InChI=1S/C21H17N3S2/c25-21(22-14-15-7-2-1-3-8-15)23-17-10-6-9-16(13-17)20-24-18-11-4-5-12-19(18)26-20/h1-13H,14H2,(H2,22,23,25). The van der Waals surface area contributed by atoms with Crippen molar-refractivity contribution in [3.63, 3.8) is 0 Å². The van der Waals surface area contributed by atoms with Gasteiger partial charge in [0.2, 0.25) is 0 Å². The lowest BCUT2D eigenvalue weighted by Crippen LogP contribution is -2.27. The van der Waals surface area contributed by atoms with Crippen LogP contribution in [0.25, 0.3) is 20.8 Å². The maximum Gasteiger partial charge on any atom is 0.171 e. The minimum atomic E-state index is 0.607. The quantitative estimate of drug-likeness (QED) is 0.465. The van der Waals surface area contributed by atoms with Crippen LogP contribution in [0.4, 0.5) is 5.69 Å². The van der Waals surface area contributed by atoms with Gasteiger partial charge in [-0.15, -0.1) is 11.3 Å². The van der Waals surface area contributed by atoms with Gasteiger partial charge in [-0.05, 0) is 42.0 Å². The molecule has 3 aromatic carbocycles. The number of rotatable bonds is 4. The van der Waals surface area contributed by atoms with E-state index in [4.69, 9.17) is 17.2 Å². The molecular weight excluding hydrogens is 358 g/mol. The maximum atomic E-state index is 5.41. The molecule has 0 saturated heterocycles. The van der Waals surface area contributed by atoms with Crippen molar-refractivity contribution in [3.8, 4) is 10.6 Å². The first-order valence-corrected chi connectivity index (χ1v) is 9.55. The Morgan fingerprint density at radius 1 is 0.923 bits per heavy atom. The van der Waals surface area contributed by atoms with Gasteiger partial charge < -0.3 is 10.6 Å². The topological polar surface area (TPSA) is 37.0 Å². The molecule has 5 heteroatoms. The summed E-state index contributed by atoms with van der Waals surface area (Å²) in [6, 6.07) is 26.6. The number of anilines is 1. The SMILES string of the molecule is S=C(NCc1ccccc1)Nc1cccc(-c2nc3ccccc3s2)c1. The number of para-hydroxylation sites is 1. The summed E-state index contributed by atoms with van der Waals surface area (Å²) >= 11 is 7.11. The fourth-order valence-electron chi connectivity index (χ4n) is 2.68. The van der Waals surface area contributed by atoms with E-state index in [1.807, 2.05) is 48.5 Å². The maximum absolute atomic E-state index is 5.41. The second-order valence-corrected chi connectivity index (χ2v) is 7.30. The molecule has 1 heterocycles. The van der Waals surface area contributed by atoms with Crippen molar-refractivity contribution >= 4 is 44.6 Å². The average molecular weight is 376 g/mol. The summed E-state index contributed by atoms with van der Waals surface area (Å²) in [5, 5.41) is 8.11. The number of hydrogen-bond acceptors (Lipinski definition) is 3. The summed E-state index contributed by atoms with van der Waals surface area (Å²) in [7, 11) is 0. The first kappa shape index (κ1) is 16.7. The van der Waals surface area contributed by atoms with Crippen LogP contribution in [0.15, 0.2) is 78.9 Å². The van der Waals surface area contributed by atoms with E-state index in [2.05, 4.69) is 41.0 Å². The molecule has 0 bridgehead atoms. The molecule has 1 aromatic heterocycles. The zero-order valence-electron chi connectivity index (χ0n) is 14.0. The van der Waals surface area contributed by atoms with Gasteiger partial charge in [0, 0.05) is 17.8 Å². The smallest absolute Gasteiger partial charge is 0.171 e. The largest absolute Gasteiger partial charge is 0.358 e. The molecule has 26 heavy (non-hydrogen) atoms. The minimum Gasteiger partial charge on any atom is -0.358 e. The van der Waals surface area contributed by atoms with Crippen LogP contribution in [0, 0.1) is 0 Å². The number of nitrogens with one attached hydrogen (secondary N) is 2. The van der Waals surface area contributed by atoms with Gasteiger partial charge in [-0.2, -0.15) is 0 Å². The molecule has 0 radical (unpaired) electrons. The Kier molecular flexibility index (Phi) is 4.91. The van der Waals surface area contributed by atoms with Crippen LogP contribution in [0.5, 0.6) is 0 Å². The fraction of sp³-hybridized carbons (Fsp3) is 0.0476. The second-order valence-electron chi connectivity index (χ2n) is 5.86. The number of thiocarbonyl (C=S) groups is 1. The zero-order valence-corrected chi connectivity index (χ0v) is 15.6. The Morgan fingerprint density at radius 3 is 2.58 bits per heavy atom. The van der Waals surface area contributed by atoms with E-state index in [1.54, 1.807) is 11.3 Å². The Labute approximate surface area is 161 Å². The molecule has 4 aromatic rings. The third-order valence-electron chi connectivity index (χ3n) is 3.96. The van der Waals surface area contributed by atoms with E-state index < -0.39 is 0 Å². The number of thiazole rings is 1. The van der Waals surface area contributed by atoms with Crippen molar-refractivity contribution in [2.45, 2.75) is 6.54 Å². The summed E-state index contributed by atoms with van der Waals surface area (Å²) in [4.78, 5) is 4.72. The van der Waals surface area contributed by atoms with Crippen LogP contribution in [0.1, 0.15) is 5.56 Å². The lowest BCUT2D eigenvalue weighted by Gasteiger charge is -2.11. The lowest BCUT2D eigenvalue weighted by atomic mass is 10.2. The summed E-state index contributed by atoms with van der Waals surface area (Å²) in [6.07, 6.45) is 0. The van der Waals surface area contributed by atoms with E-state index in [1.165, 1.54) is 10.3 Å². The van der Waals surface area contributed by atoms with Gasteiger partial charge in [0.25, 0.3) is 0 Å². The molecule has 0 aliphatic carbocycles. The van der Waals surface area contributed by atoms with Gasteiger partial charge in [0.15, 0.2) is 5.11 Å². The molecular formula is C21H17N3S2. The third kappa shape index (κ3) is 3.90. The molecule has 0 amide bonds. The van der Waals surface area contributed by atoms with E-state index in [9.17, 15) is 0 Å². The van der Waals surface area contributed by atoms with Crippen LogP contribution in [0.3, 0.4) is 0 Å². The Hall–Kier alpha value is -2.76. The van der Waals surface area contributed by atoms with Crippen LogP contribution in [-0.2, 0) is 6.54 Å². The molecule has 0 unspecified atom stereocenters. The number of nitrogens with zero attached hydrogens (tertiary/aromatic N) is 1. The monoisotopic (exact) mass is 375 g/mol. The lowest BCUT2D eigenvalue weighted by molar-refractivity contribution is 0.926. The molecule has 0 aliphatic heterocycles. The van der Waals surface area contributed by atoms with Crippen LogP contribution in [0.2, 0.25) is 0 Å². The van der Waals surface area contributed by atoms with E-state index in [0.717, 1.165) is 21.8 Å². The highest BCUT2D eigenvalue weighted by atomic mass is 32.1. The summed E-state index contributed by atoms with van der Waals surface area (Å²) < 4.78 is 1.20. The number of hydrogen-bond donors (Lipinski definition) is 2. The van der Waals surface area contributed by atoms with Crippen molar-refractivity contribution in [2.24, 2.45) is 0 Å². The highest BCUT2D eigenvalue weighted by molar-refractivity contribution is 7.80. The number of benzene rings is 3. The normalized spacial score (nSPS) is 10.6. The van der Waals surface area contributed by atoms with Crippen molar-refractivity contribution in [1.82, 2.24) is 10.3 Å². The zero-order chi connectivity index (χ0) is 17.8. The fourth-order valence-corrected chi connectivity index (χ4v) is 3.83. The molecule has 0 spiro atoms. The predicted octanol–water partition coefficient (Wildman–Crippen LogP) is 5.45. The highest BCUT2D eigenvalue weighted by Crippen LogP contribution is 2.31. The Balaban J connectivity index is 1.46. The average Bonchev–Trinajstić information content (AvgIpc) is 3.12. The Morgan fingerprint density at radius 2 is 1.73 bits per heavy atom. The van der Waals surface area contributed by atoms with Crippen molar-refractivity contribution in [3.05, 3.63) is 84.4 Å². The van der Waals surface area contributed by atoms with E-state index in [0.29, 0.717) is 11.7 Å². The van der Waals surface area contributed by atoms with Gasteiger partial charge in [-0.25, -0.2) is 4.98 Å². The Bertz CT molecular complexity index is 1010. The molecule has 128 valence electrons. The van der Waals surface area contributed by atoms with Crippen LogP contribution < -0.4 is 10.6 Å². The summed E-state index contributed by atoms with van der Waals surface area (Å²) in [5.41, 5.74) is 4.26. The van der Waals surface area contributed by atoms with Gasteiger partial charge in [0.05, 0.1) is 10.2 Å². The summed E-state index contributed by atoms with van der Waals surface area (Å²) in [6.45, 7) is 0.699. The predicted molar refractivity (Wildman–Crippen MR) is 115 cm³/mol. The molecule has 0 atom stereocenters. The van der Waals surface area contributed by atoms with Gasteiger partial charge >= 0.3 is 0 Å². The van der Waals surface area contributed by atoms with Gasteiger partial charge in [-0.1, -0.05) is 54.6 Å². The first-order valence-electron chi connectivity index (χ1n) is 8.33. The summed E-state index contributed by atoms with van der Waals surface area (Å²) in [5.74, 6) is 0. The second kappa shape index (κ2) is 7.64. The number of aromatic nitrogens is 1. The molecule has 3 nitrogen and oxygen atoms in total. The van der Waals surface area contributed by atoms with Gasteiger partial charge in [0.1, 0.15) is 5.01 Å². The van der Waals surface area contributed by atoms with E-state index in [-0.39, 0.29) is 0 Å². The minimum absolute atomic E-state index is 0.607. The first-order chi connectivity index (χ1) is 12.8. The van der Waals surface area contributed by atoms with Crippen molar-refractivity contribution in [2.75, 3.05) is 5.32 Å². The van der Waals surface area contributed by atoms with Crippen LogP contribution >= 0.6 is 23.6 Å². The third-order valence-corrected chi connectivity index (χ3v) is 5.29. The molecule has 0 aliphatic rings. The molecule has 0 saturated carbocycles. The van der Waals surface area contributed by atoms with Crippen LogP contribution in [-0.4, -0.2) is 10.1 Å². The number of fused-ring (bicyclic) bond motifs is 1.